The van der Waals surface area contributed by atoms with Gasteiger partial charge in [-0.3, -0.25) is 4.79 Å². The summed E-state index contributed by atoms with van der Waals surface area (Å²) < 4.78 is 0. The van der Waals surface area contributed by atoms with Gasteiger partial charge in [0.25, 0.3) is 0 Å². The van der Waals surface area contributed by atoms with E-state index in [9.17, 15) is 4.79 Å². The van der Waals surface area contributed by atoms with E-state index in [-0.39, 0.29) is 5.91 Å². The Morgan fingerprint density at radius 1 is 1.41 bits per heavy atom. The molecule has 0 aliphatic rings. The summed E-state index contributed by atoms with van der Waals surface area (Å²) in [6.45, 7) is 5.10. The predicted octanol–water partition coefficient (Wildman–Crippen LogP) is 2.32. The standard InChI is InChI=1S/C14H22N2O/c1-4-11(2)10-16(3)14(17)9-12-7-5-6-8-13(12)15/h5-8,11H,4,9-10,15H2,1-3H3. The minimum atomic E-state index is 0.128. The Morgan fingerprint density at radius 2 is 2.06 bits per heavy atom. The van der Waals surface area contributed by atoms with E-state index >= 15 is 0 Å². The molecule has 0 spiro atoms. The highest BCUT2D eigenvalue weighted by Gasteiger charge is 2.13. The zero-order chi connectivity index (χ0) is 12.8. The van der Waals surface area contributed by atoms with Gasteiger partial charge in [0.15, 0.2) is 0 Å². The molecule has 0 radical (unpaired) electrons. The fourth-order valence-electron chi connectivity index (χ4n) is 1.69. The summed E-state index contributed by atoms with van der Waals surface area (Å²) in [5, 5.41) is 0. The van der Waals surface area contributed by atoms with E-state index in [1.54, 1.807) is 4.90 Å². The van der Waals surface area contributed by atoms with E-state index in [0.29, 0.717) is 18.0 Å². The number of hydrogen-bond acceptors (Lipinski definition) is 2. The molecule has 3 nitrogen and oxygen atoms in total. The highest BCUT2D eigenvalue weighted by Crippen LogP contribution is 2.12. The van der Waals surface area contributed by atoms with Crippen molar-refractivity contribution in [3.8, 4) is 0 Å². The lowest BCUT2D eigenvalue weighted by atomic mass is 10.1. The van der Waals surface area contributed by atoms with Gasteiger partial charge in [-0.15, -0.1) is 0 Å². The lowest BCUT2D eigenvalue weighted by molar-refractivity contribution is -0.129. The molecule has 0 saturated heterocycles. The van der Waals surface area contributed by atoms with E-state index in [0.717, 1.165) is 18.5 Å². The van der Waals surface area contributed by atoms with Gasteiger partial charge in [-0.2, -0.15) is 0 Å². The van der Waals surface area contributed by atoms with Crippen LogP contribution in [0, 0.1) is 5.92 Å². The summed E-state index contributed by atoms with van der Waals surface area (Å²) in [7, 11) is 1.85. The molecule has 0 heterocycles. The first-order chi connectivity index (χ1) is 8.04. The monoisotopic (exact) mass is 234 g/mol. The van der Waals surface area contributed by atoms with Crippen molar-refractivity contribution in [2.24, 2.45) is 5.92 Å². The Morgan fingerprint density at radius 3 is 2.65 bits per heavy atom. The van der Waals surface area contributed by atoms with E-state index in [4.69, 9.17) is 5.73 Å². The number of carbonyl (C=O) groups is 1. The molecule has 0 aromatic heterocycles. The lowest BCUT2D eigenvalue weighted by Crippen LogP contribution is -2.32. The van der Waals surface area contributed by atoms with Crippen LogP contribution in [0.15, 0.2) is 24.3 Å². The van der Waals surface area contributed by atoms with Gasteiger partial charge in [-0.25, -0.2) is 0 Å². The summed E-state index contributed by atoms with van der Waals surface area (Å²) in [6, 6.07) is 7.53. The van der Waals surface area contributed by atoms with Gasteiger partial charge < -0.3 is 10.6 Å². The molecule has 0 saturated carbocycles. The summed E-state index contributed by atoms with van der Waals surface area (Å²) in [5.41, 5.74) is 7.43. The maximum atomic E-state index is 12.0. The van der Waals surface area contributed by atoms with E-state index in [1.807, 2.05) is 31.3 Å². The number of nitrogens with two attached hydrogens (primary N) is 1. The molecule has 1 unspecified atom stereocenters. The average molecular weight is 234 g/mol. The van der Waals surface area contributed by atoms with Crippen LogP contribution in [0.4, 0.5) is 5.69 Å². The van der Waals surface area contributed by atoms with Crippen molar-refractivity contribution in [1.82, 2.24) is 4.90 Å². The number of anilines is 1. The Bertz CT molecular complexity index is 376. The Balaban J connectivity index is 2.57. The number of nitrogens with zero attached hydrogens (tertiary/aromatic N) is 1. The Hall–Kier alpha value is -1.51. The van der Waals surface area contributed by atoms with Crippen LogP contribution in [0.25, 0.3) is 0 Å². The molecule has 1 rings (SSSR count). The zero-order valence-electron chi connectivity index (χ0n) is 10.9. The molecule has 3 heteroatoms. The maximum Gasteiger partial charge on any atom is 0.226 e. The number of para-hydroxylation sites is 1. The Kier molecular flexibility index (Phi) is 5.01. The molecule has 1 aromatic carbocycles. The summed E-state index contributed by atoms with van der Waals surface area (Å²) in [4.78, 5) is 13.8. The van der Waals surface area contributed by atoms with Gasteiger partial charge in [0.05, 0.1) is 6.42 Å². The van der Waals surface area contributed by atoms with E-state index < -0.39 is 0 Å². The third-order valence-corrected chi connectivity index (χ3v) is 3.10. The number of rotatable bonds is 5. The van der Waals surface area contributed by atoms with Gasteiger partial charge in [-0.05, 0) is 17.5 Å². The smallest absolute Gasteiger partial charge is 0.226 e. The quantitative estimate of drug-likeness (QED) is 0.795. The van der Waals surface area contributed by atoms with Gasteiger partial charge in [0.1, 0.15) is 0 Å². The van der Waals surface area contributed by atoms with Crippen LogP contribution < -0.4 is 5.73 Å². The zero-order valence-corrected chi connectivity index (χ0v) is 10.9. The third-order valence-electron chi connectivity index (χ3n) is 3.10. The first kappa shape index (κ1) is 13.6. The van der Waals surface area contributed by atoms with Crippen molar-refractivity contribution in [3.05, 3.63) is 29.8 Å². The largest absolute Gasteiger partial charge is 0.398 e. The lowest BCUT2D eigenvalue weighted by Gasteiger charge is -2.21. The Labute approximate surface area is 104 Å². The molecule has 1 atom stereocenters. The van der Waals surface area contributed by atoms with Gasteiger partial charge in [0, 0.05) is 19.3 Å². The number of hydrogen-bond donors (Lipinski definition) is 1. The van der Waals surface area contributed by atoms with Crippen molar-refractivity contribution in [2.45, 2.75) is 26.7 Å². The molecule has 1 amide bonds. The third kappa shape index (κ3) is 4.10. The van der Waals surface area contributed by atoms with Crippen molar-refractivity contribution < 1.29 is 4.79 Å². The highest BCUT2D eigenvalue weighted by molar-refractivity contribution is 5.80. The normalized spacial score (nSPS) is 12.2. The molecular formula is C14H22N2O. The number of benzene rings is 1. The molecule has 0 aliphatic carbocycles. The van der Waals surface area contributed by atoms with E-state index in [2.05, 4.69) is 13.8 Å². The van der Waals surface area contributed by atoms with Crippen molar-refractivity contribution in [1.29, 1.82) is 0 Å². The van der Waals surface area contributed by atoms with E-state index in [1.165, 1.54) is 0 Å². The van der Waals surface area contributed by atoms with Crippen LogP contribution in [0.3, 0.4) is 0 Å². The second-order valence-electron chi connectivity index (χ2n) is 4.66. The summed E-state index contributed by atoms with van der Waals surface area (Å²) in [6.07, 6.45) is 1.48. The highest BCUT2D eigenvalue weighted by atomic mass is 16.2. The average Bonchev–Trinajstić information content (AvgIpc) is 2.31. The van der Waals surface area contributed by atoms with Crippen LogP contribution in [0.1, 0.15) is 25.8 Å². The first-order valence-corrected chi connectivity index (χ1v) is 6.12. The molecule has 0 bridgehead atoms. The van der Waals surface area contributed by atoms with Crippen LogP contribution in [-0.2, 0) is 11.2 Å². The molecule has 17 heavy (non-hydrogen) atoms. The molecular weight excluding hydrogens is 212 g/mol. The number of likely N-dealkylation sites (N-methyl/N-ethyl adjacent to an activating group) is 1. The number of amides is 1. The molecule has 94 valence electrons. The van der Waals surface area contributed by atoms with Crippen molar-refractivity contribution in [2.75, 3.05) is 19.3 Å². The SMILES string of the molecule is CCC(C)CN(C)C(=O)Cc1ccccc1N. The fourth-order valence-corrected chi connectivity index (χ4v) is 1.69. The topological polar surface area (TPSA) is 46.3 Å². The minimum Gasteiger partial charge on any atom is -0.398 e. The van der Waals surface area contributed by atoms with Crippen molar-refractivity contribution in [3.63, 3.8) is 0 Å². The first-order valence-electron chi connectivity index (χ1n) is 6.12. The number of nitrogen functional groups attached to an aromatic ring is 1. The van der Waals surface area contributed by atoms with Crippen molar-refractivity contribution >= 4 is 11.6 Å². The van der Waals surface area contributed by atoms with Crippen LogP contribution in [-0.4, -0.2) is 24.4 Å². The second kappa shape index (κ2) is 6.28. The second-order valence-corrected chi connectivity index (χ2v) is 4.66. The minimum absolute atomic E-state index is 0.128. The van der Waals surface area contributed by atoms with Crippen LogP contribution >= 0.6 is 0 Å². The van der Waals surface area contributed by atoms with Gasteiger partial charge in [-0.1, -0.05) is 38.5 Å². The molecule has 2 N–H and O–H groups in total. The maximum absolute atomic E-state index is 12.0. The van der Waals surface area contributed by atoms with Crippen LogP contribution in [0.2, 0.25) is 0 Å². The van der Waals surface area contributed by atoms with Gasteiger partial charge >= 0.3 is 0 Å². The van der Waals surface area contributed by atoms with Crippen LogP contribution in [0.5, 0.6) is 0 Å². The molecule has 1 aromatic rings. The number of carbonyl (C=O) groups excluding carboxylic acids is 1. The molecule has 0 fully saturated rings. The summed E-state index contributed by atoms with van der Waals surface area (Å²) >= 11 is 0. The molecule has 0 aliphatic heterocycles. The predicted molar refractivity (Wildman–Crippen MR) is 71.7 cm³/mol. The fraction of sp³-hybridized carbons (Fsp3) is 0.500. The summed E-state index contributed by atoms with van der Waals surface area (Å²) in [5.74, 6) is 0.667. The van der Waals surface area contributed by atoms with Gasteiger partial charge in [0.2, 0.25) is 5.91 Å².